The summed E-state index contributed by atoms with van der Waals surface area (Å²) in [7, 11) is 0. The minimum Gasteiger partial charge on any atom is -0.358 e. The van der Waals surface area contributed by atoms with Crippen molar-refractivity contribution in [3.8, 4) is 0 Å². The second kappa shape index (κ2) is 6.59. The molecule has 0 aliphatic heterocycles. The van der Waals surface area contributed by atoms with Gasteiger partial charge in [-0.2, -0.15) is 0 Å². The number of aromatic amines is 1. The fourth-order valence-corrected chi connectivity index (χ4v) is 3.53. The van der Waals surface area contributed by atoms with E-state index >= 15 is 0 Å². The molecular weight excluding hydrogens is 317 g/mol. The standard InChI is InChI=1S/C20H20FN3O/c21-14-7-5-13(6-8-14)12-22-20(25)23-15-9-10-17-16-3-1-2-4-18(16)24-19(17)11-15/h1-8,15,24H,9-12H2,(H2,22,23,25). The van der Waals surface area contributed by atoms with E-state index in [1.165, 1.54) is 28.8 Å². The molecule has 25 heavy (non-hydrogen) atoms. The molecule has 1 aromatic heterocycles. The number of benzene rings is 2. The molecule has 0 saturated carbocycles. The Hall–Kier alpha value is -2.82. The Morgan fingerprint density at radius 2 is 1.96 bits per heavy atom. The van der Waals surface area contributed by atoms with Gasteiger partial charge in [0.2, 0.25) is 0 Å². The van der Waals surface area contributed by atoms with Crippen molar-refractivity contribution in [2.45, 2.75) is 31.8 Å². The molecule has 2 aromatic carbocycles. The smallest absolute Gasteiger partial charge is 0.315 e. The highest BCUT2D eigenvalue weighted by Crippen LogP contribution is 2.28. The van der Waals surface area contributed by atoms with Crippen molar-refractivity contribution in [3.63, 3.8) is 0 Å². The van der Waals surface area contributed by atoms with Crippen LogP contribution < -0.4 is 10.6 Å². The number of nitrogens with one attached hydrogen (secondary N) is 3. The summed E-state index contributed by atoms with van der Waals surface area (Å²) < 4.78 is 12.9. The summed E-state index contributed by atoms with van der Waals surface area (Å²) in [5.74, 6) is -0.274. The van der Waals surface area contributed by atoms with Crippen LogP contribution in [0.3, 0.4) is 0 Å². The number of rotatable bonds is 3. The van der Waals surface area contributed by atoms with Crippen molar-refractivity contribution in [1.29, 1.82) is 0 Å². The minimum absolute atomic E-state index is 0.119. The average molecular weight is 337 g/mol. The Morgan fingerprint density at radius 3 is 2.80 bits per heavy atom. The van der Waals surface area contributed by atoms with Gasteiger partial charge >= 0.3 is 6.03 Å². The summed E-state index contributed by atoms with van der Waals surface area (Å²) >= 11 is 0. The van der Waals surface area contributed by atoms with E-state index in [1.54, 1.807) is 12.1 Å². The predicted molar refractivity (Wildman–Crippen MR) is 95.9 cm³/mol. The normalized spacial score (nSPS) is 16.4. The van der Waals surface area contributed by atoms with Gasteiger partial charge in [-0.1, -0.05) is 30.3 Å². The van der Waals surface area contributed by atoms with Crippen LogP contribution in [-0.2, 0) is 19.4 Å². The lowest BCUT2D eigenvalue weighted by molar-refractivity contribution is 0.235. The predicted octanol–water partition coefficient (Wildman–Crippen LogP) is 3.66. The van der Waals surface area contributed by atoms with Gasteiger partial charge in [0.05, 0.1) is 0 Å². The zero-order valence-electron chi connectivity index (χ0n) is 13.8. The van der Waals surface area contributed by atoms with Crippen LogP contribution in [0, 0.1) is 5.82 Å². The Balaban J connectivity index is 1.35. The van der Waals surface area contributed by atoms with Crippen molar-refractivity contribution in [2.24, 2.45) is 0 Å². The highest BCUT2D eigenvalue weighted by molar-refractivity contribution is 5.85. The molecule has 3 aromatic rings. The third-order valence-electron chi connectivity index (χ3n) is 4.80. The van der Waals surface area contributed by atoms with E-state index in [1.807, 2.05) is 6.07 Å². The van der Waals surface area contributed by atoms with Crippen LogP contribution in [0.5, 0.6) is 0 Å². The number of hydrogen-bond acceptors (Lipinski definition) is 1. The van der Waals surface area contributed by atoms with Crippen LogP contribution in [0.1, 0.15) is 23.2 Å². The monoisotopic (exact) mass is 337 g/mol. The first-order valence-corrected chi connectivity index (χ1v) is 8.56. The summed E-state index contributed by atoms with van der Waals surface area (Å²) in [5.41, 5.74) is 4.63. The number of urea groups is 1. The van der Waals surface area contributed by atoms with Gasteiger partial charge < -0.3 is 15.6 Å². The van der Waals surface area contributed by atoms with Crippen LogP contribution in [-0.4, -0.2) is 17.1 Å². The fourth-order valence-electron chi connectivity index (χ4n) is 3.53. The molecular formula is C20H20FN3O. The Labute approximate surface area is 145 Å². The molecule has 4 rings (SSSR count). The maximum atomic E-state index is 12.9. The maximum Gasteiger partial charge on any atom is 0.315 e. The van der Waals surface area contributed by atoms with Crippen LogP contribution >= 0.6 is 0 Å². The molecule has 1 atom stereocenters. The number of para-hydroxylation sites is 1. The highest BCUT2D eigenvalue weighted by Gasteiger charge is 2.23. The molecule has 0 bridgehead atoms. The third kappa shape index (κ3) is 3.36. The number of H-pyrrole nitrogens is 1. The molecule has 0 spiro atoms. The number of aryl methyl sites for hydroxylation is 1. The number of amides is 2. The molecule has 128 valence electrons. The van der Waals surface area contributed by atoms with E-state index in [0.717, 1.165) is 30.3 Å². The van der Waals surface area contributed by atoms with Crippen molar-refractivity contribution in [2.75, 3.05) is 0 Å². The van der Waals surface area contributed by atoms with E-state index in [2.05, 4.69) is 33.8 Å². The quantitative estimate of drug-likeness (QED) is 0.671. The molecule has 1 heterocycles. The number of fused-ring (bicyclic) bond motifs is 3. The van der Waals surface area contributed by atoms with Crippen molar-refractivity contribution < 1.29 is 9.18 Å². The Kier molecular flexibility index (Phi) is 4.14. The van der Waals surface area contributed by atoms with E-state index < -0.39 is 0 Å². The molecule has 5 heteroatoms. The number of hydrogen-bond donors (Lipinski definition) is 3. The number of aromatic nitrogens is 1. The van der Waals surface area contributed by atoms with Crippen LogP contribution in [0.15, 0.2) is 48.5 Å². The van der Waals surface area contributed by atoms with E-state index in [9.17, 15) is 9.18 Å². The maximum absolute atomic E-state index is 12.9. The van der Waals surface area contributed by atoms with Gasteiger partial charge in [0.1, 0.15) is 5.82 Å². The van der Waals surface area contributed by atoms with Gasteiger partial charge in [0.15, 0.2) is 0 Å². The number of halogens is 1. The molecule has 0 fully saturated rings. The second-order valence-corrected chi connectivity index (χ2v) is 6.52. The molecule has 2 amide bonds. The van der Waals surface area contributed by atoms with E-state index in [0.29, 0.717) is 6.54 Å². The molecule has 1 unspecified atom stereocenters. The Bertz CT molecular complexity index is 901. The molecule has 4 nitrogen and oxygen atoms in total. The van der Waals surface area contributed by atoms with Gasteiger partial charge in [0, 0.05) is 35.6 Å². The summed E-state index contributed by atoms with van der Waals surface area (Å²) in [6.45, 7) is 0.385. The van der Waals surface area contributed by atoms with Crippen molar-refractivity contribution in [1.82, 2.24) is 15.6 Å². The lowest BCUT2D eigenvalue weighted by Gasteiger charge is -2.23. The van der Waals surface area contributed by atoms with Crippen molar-refractivity contribution in [3.05, 3.63) is 71.2 Å². The molecule has 0 radical (unpaired) electrons. The van der Waals surface area contributed by atoms with E-state index in [-0.39, 0.29) is 17.9 Å². The summed E-state index contributed by atoms with van der Waals surface area (Å²) in [6, 6.07) is 14.4. The second-order valence-electron chi connectivity index (χ2n) is 6.52. The fraction of sp³-hybridized carbons (Fsp3) is 0.250. The molecule has 1 aliphatic rings. The zero-order valence-corrected chi connectivity index (χ0v) is 13.8. The highest BCUT2D eigenvalue weighted by atomic mass is 19.1. The summed E-state index contributed by atoms with van der Waals surface area (Å²) in [6.07, 6.45) is 2.70. The van der Waals surface area contributed by atoms with Crippen LogP contribution in [0.4, 0.5) is 9.18 Å². The SMILES string of the molecule is O=C(NCc1ccc(F)cc1)NC1CCc2c([nH]c3ccccc23)C1. The number of carbonyl (C=O) groups is 1. The van der Waals surface area contributed by atoms with Gasteiger partial charge in [-0.05, 0) is 42.2 Å². The number of carbonyl (C=O) groups excluding carboxylic acids is 1. The largest absolute Gasteiger partial charge is 0.358 e. The molecule has 1 aliphatic carbocycles. The zero-order chi connectivity index (χ0) is 17.2. The average Bonchev–Trinajstić information content (AvgIpc) is 2.99. The van der Waals surface area contributed by atoms with Crippen LogP contribution in [0.25, 0.3) is 10.9 Å². The van der Waals surface area contributed by atoms with Gasteiger partial charge in [-0.25, -0.2) is 9.18 Å². The Morgan fingerprint density at radius 1 is 1.16 bits per heavy atom. The first-order chi connectivity index (χ1) is 12.2. The van der Waals surface area contributed by atoms with E-state index in [4.69, 9.17) is 0 Å². The van der Waals surface area contributed by atoms with Crippen LogP contribution in [0.2, 0.25) is 0 Å². The first kappa shape index (κ1) is 15.7. The summed E-state index contributed by atoms with van der Waals surface area (Å²) in [5, 5.41) is 7.16. The summed E-state index contributed by atoms with van der Waals surface area (Å²) in [4.78, 5) is 15.6. The molecule has 0 saturated heterocycles. The minimum atomic E-state index is -0.274. The topological polar surface area (TPSA) is 56.9 Å². The lowest BCUT2D eigenvalue weighted by atomic mass is 9.92. The lowest BCUT2D eigenvalue weighted by Crippen LogP contribution is -2.44. The van der Waals surface area contributed by atoms with Gasteiger partial charge in [-0.3, -0.25) is 0 Å². The van der Waals surface area contributed by atoms with Gasteiger partial charge in [0.25, 0.3) is 0 Å². The molecule has 3 N–H and O–H groups in total. The van der Waals surface area contributed by atoms with Crippen molar-refractivity contribution >= 4 is 16.9 Å². The third-order valence-corrected chi connectivity index (χ3v) is 4.80. The first-order valence-electron chi connectivity index (χ1n) is 8.56. The van der Waals surface area contributed by atoms with Gasteiger partial charge in [-0.15, -0.1) is 0 Å².